The van der Waals surface area contributed by atoms with Gasteiger partial charge in [0.05, 0.1) is 0 Å². The Hall–Kier alpha value is -5.40. The summed E-state index contributed by atoms with van der Waals surface area (Å²) in [4.78, 5) is 29.6. The number of imide groups is 1. The lowest BCUT2D eigenvalue weighted by atomic mass is 9.89. The monoisotopic (exact) mass is 769 g/mol. The van der Waals surface area contributed by atoms with Gasteiger partial charge in [-0.25, -0.2) is 4.39 Å². The van der Waals surface area contributed by atoms with E-state index in [2.05, 4.69) is 55.5 Å². The molecule has 4 aromatic rings. The lowest BCUT2D eigenvalue weighted by Crippen LogP contribution is -2.47. The normalized spacial score (nSPS) is 20.4. The van der Waals surface area contributed by atoms with Crippen LogP contribution in [0.15, 0.2) is 85.1 Å². The molecule has 13 heteroatoms. The van der Waals surface area contributed by atoms with E-state index in [1.54, 1.807) is 25.4 Å². The Morgan fingerprint density at radius 2 is 1.68 bits per heavy atom. The minimum Gasteiger partial charge on any atom is -0.405 e. The number of hydrogen-bond donors (Lipinski definition) is 3. The number of hydrogen-bond acceptors (Lipinski definition) is 8. The number of rotatable bonds is 9. The molecule has 0 radical (unpaired) electrons. The van der Waals surface area contributed by atoms with Crippen molar-refractivity contribution in [2.75, 3.05) is 36.9 Å². The van der Waals surface area contributed by atoms with Gasteiger partial charge in [-0.3, -0.25) is 19.8 Å². The van der Waals surface area contributed by atoms with Crippen molar-refractivity contribution in [1.82, 2.24) is 15.1 Å². The second-order valence-corrected chi connectivity index (χ2v) is 15.1. The van der Waals surface area contributed by atoms with Crippen molar-refractivity contribution in [3.05, 3.63) is 130 Å². The van der Waals surface area contributed by atoms with Crippen molar-refractivity contribution >= 4 is 28.8 Å². The van der Waals surface area contributed by atoms with Crippen LogP contribution < -0.4 is 20.3 Å². The van der Waals surface area contributed by atoms with E-state index in [1.165, 1.54) is 40.3 Å². The van der Waals surface area contributed by atoms with E-state index in [4.69, 9.17) is 0 Å². The van der Waals surface area contributed by atoms with Crippen LogP contribution >= 0.6 is 0 Å². The molecule has 2 amide bonds. The van der Waals surface area contributed by atoms with Crippen molar-refractivity contribution in [1.29, 1.82) is 0 Å². The lowest BCUT2D eigenvalue weighted by Gasteiger charge is -2.32. The highest BCUT2D eigenvalue weighted by atomic mass is 19.4. The number of fused-ring (bicyclic) bond motifs is 2. The van der Waals surface area contributed by atoms with Gasteiger partial charge in [-0.1, -0.05) is 42.5 Å². The second-order valence-electron chi connectivity index (χ2n) is 15.1. The van der Waals surface area contributed by atoms with Crippen LogP contribution in [0.25, 0.3) is 5.57 Å². The number of ether oxygens (including phenoxy) is 1. The molecule has 4 aromatic carbocycles. The van der Waals surface area contributed by atoms with Crippen molar-refractivity contribution in [3.63, 3.8) is 0 Å². The Morgan fingerprint density at radius 1 is 0.893 bits per heavy atom. The third kappa shape index (κ3) is 8.10. The number of alkyl halides is 3. The summed E-state index contributed by atoms with van der Waals surface area (Å²) in [7, 11) is 1.64. The number of carbonyl (C=O) groups excluding carboxylic acids is 2. The highest BCUT2D eigenvalue weighted by Crippen LogP contribution is 2.40. The fraction of sp³-hybridized carbons (Fsp3) is 0.349. The van der Waals surface area contributed by atoms with Crippen molar-refractivity contribution in [2.45, 2.75) is 69.7 Å². The largest absolute Gasteiger partial charge is 0.573 e. The van der Waals surface area contributed by atoms with Crippen LogP contribution in [0, 0.1) is 5.82 Å². The standard InChI is InChI=1S/C43H43F4N5O4/c1-50-25-36(35-22-32(44)7-10-34(35)42(50)55)29-3-4-31(39(21-29)56-43(45,46)47)24-52-19-16-30-20-26(2-12-38(30)52)23-51-17-14-28(15-18-51)27-5-8-33(9-6-27)48-37-11-13-40(53)49-41(37)54/h2-10,12,20-22,25,28,37,42,48,55H,11,13-19,23-24H2,1H3,(H,49,53,54). The fourth-order valence-electron chi connectivity index (χ4n) is 8.41. The second kappa shape index (κ2) is 15.3. The van der Waals surface area contributed by atoms with E-state index in [0.717, 1.165) is 55.8 Å². The number of likely N-dealkylation sites (tertiary alicyclic amines) is 1. The zero-order valence-corrected chi connectivity index (χ0v) is 30.9. The molecule has 0 bridgehead atoms. The van der Waals surface area contributed by atoms with E-state index in [9.17, 15) is 32.3 Å². The molecule has 2 unspecified atom stereocenters. The first-order chi connectivity index (χ1) is 26.9. The molecule has 0 aromatic heterocycles. The summed E-state index contributed by atoms with van der Waals surface area (Å²) in [5.74, 6) is -0.914. The average molecular weight is 770 g/mol. The summed E-state index contributed by atoms with van der Waals surface area (Å²) >= 11 is 0. The van der Waals surface area contributed by atoms with Crippen molar-refractivity contribution in [3.8, 4) is 5.75 Å². The van der Waals surface area contributed by atoms with Crippen molar-refractivity contribution in [2.24, 2.45) is 0 Å². The Balaban J connectivity index is 0.903. The molecule has 4 aliphatic heterocycles. The quantitative estimate of drug-likeness (QED) is 0.122. The summed E-state index contributed by atoms with van der Waals surface area (Å²) in [6, 6.07) is 22.9. The van der Waals surface area contributed by atoms with Crippen LogP contribution in [0.3, 0.4) is 0 Å². The van der Waals surface area contributed by atoms with Gasteiger partial charge in [0.2, 0.25) is 11.8 Å². The molecule has 4 aliphatic rings. The number of carbonyl (C=O) groups is 2. The van der Waals surface area contributed by atoms with Gasteiger partial charge in [0.1, 0.15) is 17.6 Å². The zero-order valence-electron chi connectivity index (χ0n) is 30.9. The van der Waals surface area contributed by atoms with Gasteiger partial charge in [0.25, 0.3) is 0 Å². The Bertz CT molecular complexity index is 2170. The third-order valence-corrected chi connectivity index (χ3v) is 11.4. The molecule has 292 valence electrons. The summed E-state index contributed by atoms with van der Waals surface area (Å²) in [5.41, 5.74) is 7.59. The first-order valence-electron chi connectivity index (χ1n) is 19.0. The van der Waals surface area contributed by atoms with Crippen LogP contribution in [0.2, 0.25) is 0 Å². The molecule has 2 atom stereocenters. The maximum atomic E-state index is 14.3. The summed E-state index contributed by atoms with van der Waals surface area (Å²) < 4.78 is 60.1. The van der Waals surface area contributed by atoms with Gasteiger partial charge in [-0.05, 0) is 109 Å². The minimum atomic E-state index is -4.92. The summed E-state index contributed by atoms with van der Waals surface area (Å²) in [6.45, 7) is 3.59. The van der Waals surface area contributed by atoms with Crippen LogP contribution in [-0.4, -0.2) is 65.8 Å². The van der Waals surface area contributed by atoms with Gasteiger partial charge in [0.15, 0.2) is 6.23 Å². The topological polar surface area (TPSA) is 97.4 Å². The minimum absolute atomic E-state index is 0.211. The van der Waals surface area contributed by atoms with Gasteiger partial charge < -0.3 is 25.0 Å². The van der Waals surface area contributed by atoms with Crippen LogP contribution in [0.4, 0.5) is 28.9 Å². The molecule has 0 spiro atoms. The van der Waals surface area contributed by atoms with Gasteiger partial charge in [0, 0.05) is 67.4 Å². The van der Waals surface area contributed by atoms with Crippen LogP contribution in [-0.2, 0) is 29.1 Å². The van der Waals surface area contributed by atoms with E-state index in [1.807, 2.05) is 12.1 Å². The predicted molar refractivity (Wildman–Crippen MR) is 204 cm³/mol. The number of aliphatic hydroxyl groups is 1. The molecular weight excluding hydrogens is 726 g/mol. The SMILES string of the molecule is CN1C=C(c2ccc(CN3CCc4cc(CN5CCC(c6ccc(NC7CCC(=O)NC7=O)cc6)CC5)ccc43)c(OC(F)(F)F)c2)c2cc(F)ccc2C1O. The number of halogens is 4. The maximum absolute atomic E-state index is 14.3. The summed E-state index contributed by atoms with van der Waals surface area (Å²) in [6.07, 6.45) is -0.693. The van der Waals surface area contributed by atoms with Gasteiger partial charge >= 0.3 is 6.36 Å². The van der Waals surface area contributed by atoms with E-state index in [-0.39, 0.29) is 24.1 Å². The van der Waals surface area contributed by atoms with Crippen molar-refractivity contribution < 1.29 is 37.0 Å². The number of nitrogens with one attached hydrogen (secondary N) is 2. The highest BCUT2D eigenvalue weighted by Gasteiger charge is 2.34. The molecule has 56 heavy (non-hydrogen) atoms. The first kappa shape index (κ1) is 37.5. The molecule has 9 nitrogen and oxygen atoms in total. The van der Waals surface area contributed by atoms with E-state index in [0.29, 0.717) is 53.1 Å². The van der Waals surface area contributed by atoms with E-state index < -0.39 is 24.4 Å². The average Bonchev–Trinajstić information content (AvgIpc) is 3.56. The number of aliphatic hydroxyl groups excluding tert-OH is 1. The molecule has 2 saturated heterocycles. The number of nitrogens with zero attached hydrogens (tertiary/aromatic N) is 3. The fourth-order valence-corrected chi connectivity index (χ4v) is 8.41. The predicted octanol–water partition coefficient (Wildman–Crippen LogP) is 7.21. The van der Waals surface area contributed by atoms with Gasteiger partial charge in [-0.15, -0.1) is 13.2 Å². The molecule has 8 rings (SSSR count). The molecule has 4 heterocycles. The molecule has 3 N–H and O–H groups in total. The first-order valence-corrected chi connectivity index (χ1v) is 19.0. The number of piperidine rings is 2. The lowest BCUT2D eigenvalue weighted by molar-refractivity contribution is -0.274. The molecular formula is C43H43F4N5O4. The highest BCUT2D eigenvalue weighted by molar-refractivity contribution is 6.01. The van der Waals surface area contributed by atoms with Crippen LogP contribution in [0.5, 0.6) is 5.75 Å². The number of amides is 2. The molecule has 0 saturated carbocycles. The Morgan fingerprint density at radius 3 is 2.43 bits per heavy atom. The Kier molecular flexibility index (Phi) is 10.2. The Labute approximate surface area is 322 Å². The molecule has 0 aliphatic carbocycles. The molecule has 2 fully saturated rings. The zero-order chi connectivity index (χ0) is 39.1. The smallest absolute Gasteiger partial charge is 0.405 e. The maximum Gasteiger partial charge on any atom is 0.573 e. The summed E-state index contributed by atoms with van der Waals surface area (Å²) in [5, 5.41) is 16.3. The van der Waals surface area contributed by atoms with Gasteiger partial charge in [-0.2, -0.15) is 0 Å². The number of anilines is 2. The number of benzene rings is 4. The van der Waals surface area contributed by atoms with Crippen LogP contribution in [0.1, 0.15) is 76.8 Å². The third-order valence-electron chi connectivity index (χ3n) is 11.4. The van der Waals surface area contributed by atoms with E-state index >= 15 is 0 Å².